The van der Waals surface area contributed by atoms with Gasteiger partial charge in [-0.2, -0.15) is 5.10 Å². The first-order chi connectivity index (χ1) is 6.28. The summed E-state index contributed by atoms with van der Waals surface area (Å²) in [5.74, 6) is 0.860. The second-order valence-corrected chi connectivity index (χ2v) is 3.50. The van der Waals surface area contributed by atoms with Gasteiger partial charge in [0, 0.05) is 12.6 Å². The lowest BCUT2D eigenvalue weighted by atomic mass is 9.90. The first-order valence-electron chi connectivity index (χ1n) is 4.72. The Kier molecular flexibility index (Phi) is 2.22. The van der Waals surface area contributed by atoms with Gasteiger partial charge in [-0.15, -0.1) is 0 Å². The maximum absolute atomic E-state index is 5.65. The number of nitrogens with zero attached hydrogens (tertiary/aromatic N) is 2. The van der Waals surface area contributed by atoms with Crippen molar-refractivity contribution in [3.8, 4) is 5.75 Å². The molecule has 1 aliphatic rings. The van der Waals surface area contributed by atoms with Crippen molar-refractivity contribution >= 4 is 0 Å². The van der Waals surface area contributed by atoms with Gasteiger partial charge < -0.3 is 10.5 Å². The molecule has 0 amide bonds. The van der Waals surface area contributed by atoms with Crippen LogP contribution in [-0.2, 0) is 6.54 Å². The Balaban J connectivity index is 1.87. The molecular formula is C9H15N3O. The van der Waals surface area contributed by atoms with E-state index in [4.69, 9.17) is 10.5 Å². The molecule has 4 nitrogen and oxygen atoms in total. The van der Waals surface area contributed by atoms with Crippen LogP contribution in [0.15, 0.2) is 12.4 Å². The van der Waals surface area contributed by atoms with Gasteiger partial charge in [-0.3, -0.25) is 4.68 Å². The summed E-state index contributed by atoms with van der Waals surface area (Å²) in [5.41, 5.74) is 5.65. The normalized spacial score (nSPS) is 26.9. The molecule has 0 radical (unpaired) electrons. The van der Waals surface area contributed by atoms with E-state index in [2.05, 4.69) is 12.0 Å². The van der Waals surface area contributed by atoms with E-state index < -0.39 is 0 Å². The largest absolute Gasteiger partial charge is 0.487 e. The minimum atomic E-state index is 0.310. The van der Waals surface area contributed by atoms with Crippen LogP contribution in [0.1, 0.15) is 19.8 Å². The van der Waals surface area contributed by atoms with E-state index in [0.29, 0.717) is 12.1 Å². The smallest absolute Gasteiger partial charge is 0.157 e. The molecule has 2 N–H and O–H groups in total. The lowest BCUT2D eigenvalue weighted by Crippen LogP contribution is -2.43. The molecule has 1 aliphatic carbocycles. The fourth-order valence-electron chi connectivity index (χ4n) is 1.47. The topological polar surface area (TPSA) is 53.1 Å². The van der Waals surface area contributed by atoms with Gasteiger partial charge in [0.2, 0.25) is 0 Å². The Hall–Kier alpha value is -1.03. The van der Waals surface area contributed by atoms with Gasteiger partial charge in [-0.1, -0.05) is 0 Å². The Morgan fingerprint density at radius 3 is 3.00 bits per heavy atom. The van der Waals surface area contributed by atoms with E-state index in [-0.39, 0.29) is 0 Å². The Morgan fingerprint density at radius 1 is 1.69 bits per heavy atom. The van der Waals surface area contributed by atoms with Gasteiger partial charge in [0.05, 0.1) is 12.4 Å². The number of hydrogen-bond donors (Lipinski definition) is 1. The molecule has 0 bridgehead atoms. The molecule has 1 fully saturated rings. The summed E-state index contributed by atoms with van der Waals surface area (Å²) in [4.78, 5) is 0. The van der Waals surface area contributed by atoms with E-state index >= 15 is 0 Å². The fraction of sp³-hybridized carbons (Fsp3) is 0.667. The predicted octanol–water partition coefficient (Wildman–Crippen LogP) is 0.771. The van der Waals surface area contributed by atoms with Crippen LogP contribution in [0.2, 0.25) is 0 Å². The molecule has 1 heterocycles. The minimum absolute atomic E-state index is 0.310. The van der Waals surface area contributed by atoms with Crippen LogP contribution in [-0.4, -0.2) is 21.9 Å². The van der Waals surface area contributed by atoms with Crippen LogP contribution in [0.4, 0.5) is 0 Å². The molecule has 13 heavy (non-hydrogen) atoms. The van der Waals surface area contributed by atoms with Crippen molar-refractivity contribution in [3.63, 3.8) is 0 Å². The van der Waals surface area contributed by atoms with Gasteiger partial charge in [0.1, 0.15) is 6.10 Å². The molecule has 4 heteroatoms. The van der Waals surface area contributed by atoms with Crippen LogP contribution in [0.25, 0.3) is 0 Å². The third kappa shape index (κ3) is 1.83. The highest BCUT2D eigenvalue weighted by molar-refractivity contribution is 5.13. The maximum atomic E-state index is 5.65. The van der Waals surface area contributed by atoms with Crippen molar-refractivity contribution in [1.29, 1.82) is 0 Å². The van der Waals surface area contributed by atoms with Crippen molar-refractivity contribution in [2.75, 3.05) is 0 Å². The molecule has 0 unspecified atom stereocenters. The molecule has 0 atom stereocenters. The number of ether oxygens (including phenoxy) is 1. The molecule has 2 rings (SSSR count). The monoisotopic (exact) mass is 181 g/mol. The van der Waals surface area contributed by atoms with Gasteiger partial charge in [0.15, 0.2) is 5.75 Å². The van der Waals surface area contributed by atoms with Crippen molar-refractivity contribution in [1.82, 2.24) is 9.78 Å². The molecule has 0 aliphatic heterocycles. The van der Waals surface area contributed by atoms with Crippen molar-refractivity contribution in [2.24, 2.45) is 5.73 Å². The summed E-state index contributed by atoms with van der Waals surface area (Å²) in [6.07, 6.45) is 5.93. The molecule has 1 aromatic heterocycles. The number of aromatic nitrogens is 2. The third-order valence-corrected chi connectivity index (χ3v) is 2.37. The summed E-state index contributed by atoms with van der Waals surface area (Å²) in [6, 6.07) is 0.339. The number of aryl methyl sites for hydroxylation is 1. The summed E-state index contributed by atoms with van der Waals surface area (Å²) in [6.45, 7) is 2.93. The minimum Gasteiger partial charge on any atom is -0.487 e. The number of nitrogens with two attached hydrogens (primary N) is 1. The zero-order chi connectivity index (χ0) is 9.26. The molecule has 1 aromatic rings. The van der Waals surface area contributed by atoms with E-state index in [1.807, 2.05) is 10.9 Å². The molecule has 1 saturated carbocycles. The second-order valence-electron chi connectivity index (χ2n) is 3.50. The summed E-state index contributed by atoms with van der Waals surface area (Å²) < 4.78 is 7.49. The highest BCUT2D eigenvalue weighted by atomic mass is 16.5. The maximum Gasteiger partial charge on any atom is 0.157 e. The summed E-state index contributed by atoms with van der Waals surface area (Å²) >= 11 is 0. The van der Waals surface area contributed by atoms with Crippen LogP contribution in [0.3, 0.4) is 0 Å². The highest BCUT2D eigenvalue weighted by Crippen LogP contribution is 2.23. The van der Waals surface area contributed by atoms with Crippen LogP contribution in [0, 0.1) is 0 Å². The lowest BCUT2D eigenvalue weighted by molar-refractivity contribution is 0.101. The molecule has 0 saturated heterocycles. The van der Waals surface area contributed by atoms with E-state index in [1.54, 1.807) is 6.20 Å². The number of rotatable bonds is 3. The van der Waals surface area contributed by atoms with Crippen LogP contribution >= 0.6 is 0 Å². The van der Waals surface area contributed by atoms with Crippen molar-refractivity contribution in [3.05, 3.63) is 12.4 Å². The highest BCUT2D eigenvalue weighted by Gasteiger charge is 2.27. The van der Waals surface area contributed by atoms with Gasteiger partial charge in [-0.05, 0) is 19.8 Å². The first kappa shape index (κ1) is 8.56. The van der Waals surface area contributed by atoms with Crippen LogP contribution < -0.4 is 10.5 Å². The second kappa shape index (κ2) is 3.38. The number of hydrogen-bond acceptors (Lipinski definition) is 3. The zero-order valence-electron chi connectivity index (χ0n) is 7.81. The SMILES string of the molecule is CCn1cc(OC2CC(N)C2)cn1. The first-order valence-corrected chi connectivity index (χ1v) is 4.72. The third-order valence-electron chi connectivity index (χ3n) is 2.37. The zero-order valence-corrected chi connectivity index (χ0v) is 7.81. The van der Waals surface area contributed by atoms with Crippen molar-refractivity contribution in [2.45, 2.75) is 38.5 Å². The molecular weight excluding hydrogens is 166 g/mol. The summed E-state index contributed by atoms with van der Waals surface area (Å²) in [7, 11) is 0. The standard InChI is InChI=1S/C9H15N3O/c1-2-12-6-9(5-11-12)13-8-3-7(10)4-8/h5-8H,2-4,10H2,1H3. The predicted molar refractivity (Wildman–Crippen MR) is 49.5 cm³/mol. The van der Waals surface area contributed by atoms with Gasteiger partial charge in [-0.25, -0.2) is 0 Å². The van der Waals surface area contributed by atoms with E-state index in [9.17, 15) is 0 Å². The van der Waals surface area contributed by atoms with Crippen LogP contribution in [0.5, 0.6) is 5.75 Å². The van der Waals surface area contributed by atoms with E-state index in [1.165, 1.54) is 0 Å². The Morgan fingerprint density at radius 2 is 2.46 bits per heavy atom. The molecule has 0 spiro atoms. The quantitative estimate of drug-likeness (QED) is 0.749. The average molecular weight is 181 g/mol. The van der Waals surface area contributed by atoms with Gasteiger partial charge in [0.25, 0.3) is 0 Å². The molecule has 72 valence electrons. The summed E-state index contributed by atoms with van der Waals surface area (Å²) in [5, 5.41) is 4.13. The molecule has 0 aromatic carbocycles. The fourth-order valence-corrected chi connectivity index (χ4v) is 1.47. The Labute approximate surface area is 77.7 Å². The average Bonchev–Trinajstić information content (AvgIpc) is 2.50. The van der Waals surface area contributed by atoms with Gasteiger partial charge >= 0.3 is 0 Å². The lowest BCUT2D eigenvalue weighted by Gasteiger charge is -2.31. The Bertz CT molecular complexity index is 278. The van der Waals surface area contributed by atoms with E-state index in [0.717, 1.165) is 25.1 Å². The van der Waals surface area contributed by atoms with Crippen molar-refractivity contribution < 1.29 is 4.74 Å².